The molecule has 7 nitrogen and oxygen atoms in total. The lowest BCUT2D eigenvalue weighted by atomic mass is 10.1. The maximum absolute atomic E-state index is 13.2. The van der Waals surface area contributed by atoms with Crippen molar-refractivity contribution in [2.75, 3.05) is 25.3 Å². The van der Waals surface area contributed by atoms with Crippen molar-refractivity contribution < 1.29 is 14.3 Å². The second-order valence-corrected chi connectivity index (χ2v) is 8.21. The van der Waals surface area contributed by atoms with Crippen molar-refractivity contribution in [3.05, 3.63) is 52.1 Å². The lowest BCUT2D eigenvalue weighted by molar-refractivity contribution is 0.101. The summed E-state index contributed by atoms with van der Waals surface area (Å²) in [5.74, 6) is 2.09. The molecule has 0 fully saturated rings. The van der Waals surface area contributed by atoms with Gasteiger partial charge in [-0.2, -0.15) is 0 Å². The molecule has 0 radical (unpaired) electrons. The van der Waals surface area contributed by atoms with E-state index in [0.717, 1.165) is 5.75 Å². The molecule has 1 heterocycles. The van der Waals surface area contributed by atoms with E-state index in [1.54, 1.807) is 67.1 Å². The summed E-state index contributed by atoms with van der Waals surface area (Å²) in [5, 5.41) is 12.1. The van der Waals surface area contributed by atoms with Gasteiger partial charge < -0.3 is 14.8 Å². The maximum Gasteiger partial charge on any atom is 0.276 e. The van der Waals surface area contributed by atoms with E-state index < -0.39 is 0 Å². The highest BCUT2D eigenvalue weighted by Gasteiger charge is 2.23. The van der Waals surface area contributed by atoms with Crippen LogP contribution in [0.25, 0.3) is 11.3 Å². The van der Waals surface area contributed by atoms with Crippen LogP contribution in [0.1, 0.15) is 17.4 Å². The molecule has 0 aliphatic carbocycles. The molecular formula is C20H20Cl2N4O3S. The highest BCUT2D eigenvalue weighted by atomic mass is 35.5. The summed E-state index contributed by atoms with van der Waals surface area (Å²) in [6, 6.07) is 10.2. The van der Waals surface area contributed by atoms with Crippen LogP contribution in [0.15, 0.2) is 36.4 Å². The van der Waals surface area contributed by atoms with Gasteiger partial charge in [-0.3, -0.25) is 4.79 Å². The highest BCUT2D eigenvalue weighted by Crippen LogP contribution is 2.33. The Balaban J connectivity index is 2.03. The predicted octanol–water partition coefficient (Wildman–Crippen LogP) is 5.23. The van der Waals surface area contributed by atoms with E-state index in [4.69, 9.17) is 32.7 Å². The van der Waals surface area contributed by atoms with Gasteiger partial charge in [0.15, 0.2) is 17.2 Å². The fourth-order valence-corrected chi connectivity index (χ4v) is 3.86. The first kappa shape index (κ1) is 22.3. The Hall–Kier alpha value is -2.42. The van der Waals surface area contributed by atoms with Crippen molar-refractivity contribution in [3.63, 3.8) is 0 Å². The zero-order valence-electron chi connectivity index (χ0n) is 16.6. The van der Waals surface area contributed by atoms with Crippen molar-refractivity contribution in [1.82, 2.24) is 15.0 Å². The van der Waals surface area contributed by atoms with Crippen LogP contribution in [-0.4, -0.2) is 40.9 Å². The zero-order valence-corrected chi connectivity index (χ0v) is 18.9. The molecule has 2 aromatic carbocycles. The molecule has 10 heteroatoms. The van der Waals surface area contributed by atoms with E-state index in [1.807, 2.05) is 6.92 Å². The van der Waals surface area contributed by atoms with E-state index in [1.165, 1.54) is 0 Å². The fourth-order valence-electron chi connectivity index (χ4n) is 2.80. The van der Waals surface area contributed by atoms with Crippen LogP contribution >= 0.6 is 35.0 Å². The van der Waals surface area contributed by atoms with Crippen molar-refractivity contribution in [3.8, 4) is 22.8 Å². The maximum atomic E-state index is 13.2. The number of carbonyl (C=O) groups excluding carboxylic acids is 1. The Bertz CT molecular complexity index is 1040. The average molecular weight is 467 g/mol. The van der Waals surface area contributed by atoms with E-state index in [-0.39, 0.29) is 5.91 Å². The number of hydrogen-bond acceptors (Lipinski definition) is 6. The average Bonchev–Trinajstić information content (AvgIpc) is 3.14. The third-order valence-corrected chi connectivity index (χ3v) is 5.42. The molecule has 30 heavy (non-hydrogen) atoms. The van der Waals surface area contributed by atoms with Crippen LogP contribution in [0.3, 0.4) is 0 Å². The van der Waals surface area contributed by atoms with E-state index in [0.29, 0.717) is 50.1 Å². The molecule has 1 amide bonds. The van der Waals surface area contributed by atoms with Crippen LogP contribution in [-0.2, 0) is 5.88 Å². The monoisotopic (exact) mass is 466 g/mol. The van der Waals surface area contributed by atoms with Crippen molar-refractivity contribution in [2.45, 2.75) is 12.8 Å². The third kappa shape index (κ3) is 5.00. The van der Waals surface area contributed by atoms with Crippen molar-refractivity contribution >= 4 is 46.6 Å². The second-order valence-electron chi connectivity index (χ2n) is 6.09. The highest BCUT2D eigenvalue weighted by molar-refractivity contribution is 7.98. The first-order chi connectivity index (χ1) is 14.5. The van der Waals surface area contributed by atoms with E-state index >= 15 is 0 Å². The topological polar surface area (TPSA) is 78.3 Å². The summed E-state index contributed by atoms with van der Waals surface area (Å²) in [7, 11) is 3.11. The van der Waals surface area contributed by atoms with E-state index in [9.17, 15) is 4.79 Å². The lowest BCUT2D eigenvalue weighted by Gasteiger charge is -2.11. The third-order valence-electron chi connectivity index (χ3n) is 4.15. The van der Waals surface area contributed by atoms with Gasteiger partial charge in [-0.15, -0.1) is 16.9 Å². The number of ether oxygens (including phenoxy) is 2. The first-order valence-corrected chi connectivity index (χ1v) is 10.9. The van der Waals surface area contributed by atoms with E-state index in [2.05, 4.69) is 15.6 Å². The molecule has 1 aromatic heterocycles. The minimum Gasteiger partial charge on any atom is -0.493 e. The number of carbonyl (C=O) groups is 1. The number of nitrogens with one attached hydrogen (secondary N) is 1. The molecule has 0 unspecified atom stereocenters. The van der Waals surface area contributed by atoms with Crippen molar-refractivity contribution in [1.29, 1.82) is 0 Å². The van der Waals surface area contributed by atoms with Gasteiger partial charge in [-0.1, -0.05) is 35.3 Å². The molecule has 3 rings (SSSR count). The van der Waals surface area contributed by atoms with Gasteiger partial charge in [0, 0.05) is 21.3 Å². The molecule has 0 spiro atoms. The molecule has 0 bridgehead atoms. The molecule has 0 atom stereocenters. The lowest BCUT2D eigenvalue weighted by Crippen LogP contribution is -2.18. The molecule has 0 aliphatic rings. The summed E-state index contributed by atoms with van der Waals surface area (Å²) in [5.41, 5.74) is 1.90. The number of benzene rings is 2. The van der Waals surface area contributed by atoms with Gasteiger partial charge in [0.05, 0.1) is 20.1 Å². The molecule has 158 valence electrons. The Morgan fingerprint density at radius 1 is 1.10 bits per heavy atom. The largest absolute Gasteiger partial charge is 0.493 e. The van der Waals surface area contributed by atoms with Gasteiger partial charge in [-0.05, 0) is 42.2 Å². The summed E-state index contributed by atoms with van der Waals surface area (Å²) >= 11 is 13.7. The molecular weight excluding hydrogens is 447 g/mol. The number of thioether (sulfide) groups is 1. The fraction of sp³-hybridized carbons (Fsp3) is 0.250. The van der Waals surface area contributed by atoms with Crippen LogP contribution in [0.2, 0.25) is 10.0 Å². The smallest absolute Gasteiger partial charge is 0.276 e. The van der Waals surface area contributed by atoms with Gasteiger partial charge >= 0.3 is 0 Å². The summed E-state index contributed by atoms with van der Waals surface area (Å²) < 4.78 is 12.2. The molecule has 1 N–H and O–H groups in total. The predicted molar refractivity (Wildman–Crippen MR) is 121 cm³/mol. The van der Waals surface area contributed by atoms with Crippen LogP contribution in [0.4, 0.5) is 5.69 Å². The number of amides is 1. The number of nitrogens with zero attached hydrogens (tertiary/aromatic N) is 3. The van der Waals surface area contributed by atoms with Gasteiger partial charge in [0.2, 0.25) is 0 Å². The number of methoxy groups -OCH3 is 2. The SMILES string of the molecule is CCSCn1nnc(-c2ccc(OC)c(OC)c2)c1C(=O)Nc1cc(Cl)cc(Cl)c1. The van der Waals surface area contributed by atoms with Crippen LogP contribution < -0.4 is 14.8 Å². The quantitative estimate of drug-likeness (QED) is 0.489. The minimum atomic E-state index is -0.375. The molecule has 3 aromatic rings. The number of anilines is 1. The van der Waals surface area contributed by atoms with Crippen molar-refractivity contribution in [2.24, 2.45) is 0 Å². The summed E-state index contributed by atoms with van der Waals surface area (Å²) in [6.07, 6.45) is 0. The first-order valence-electron chi connectivity index (χ1n) is 8.97. The van der Waals surface area contributed by atoms with Gasteiger partial charge in [-0.25, -0.2) is 4.68 Å². The summed E-state index contributed by atoms with van der Waals surface area (Å²) in [4.78, 5) is 13.2. The molecule has 0 saturated heterocycles. The Kier molecular flexibility index (Phi) is 7.47. The molecule has 0 saturated carbocycles. The number of halogens is 2. The van der Waals surface area contributed by atoms with Crippen LogP contribution in [0.5, 0.6) is 11.5 Å². The Morgan fingerprint density at radius 3 is 2.43 bits per heavy atom. The number of hydrogen-bond donors (Lipinski definition) is 1. The number of aromatic nitrogens is 3. The minimum absolute atomic E-state index is 0.319. The van der Waals surface area contributed by atoms with Crippen LogP contribution in [0, 0.1) is 0 Å². The standard InChI is InChI=1S/C20H20Cl2N4O3S/c1-4-30-11-26-19(20(27)23-15-9-13(21)8-14(22)10-15)18(24-25-26)12-5-6-16(28-2)17(7-12)29-3/h5-10H,4,11H2,1-3H3,(H,23,27). The van der Waals surface area contributed by atoms with Gasteiger partial charge in [0.25, 0.3) is 5.91 Å². The normalized spacial score (nSPS) is 10.7. The Morgan fingerprint density at radius 2 is 1.80 bits per heavy atom. The number of rotatable bonds is 8. The van der Waals surface area contributed by atoms with Gasteiger partial charge in [0.1, 0.15) is 5.69 Å². The second kappa shape index (κ2) is 10.1. The molecule has 0 aliphatic heterocycles. The Labute approximate surface area is 188 Å². The summed E-state index contributed by atoms with van der Waals surface area (Å²) in [6.45, 7) is 2.03. The zero-order chi connectivity index (χ0) is 21.7.